The summed E-state index contributed by atoms with van der Waals surface area (Å²) in [5.41, 5.74) is 12.5. The lowest BCUT2D eigenvalue weighted by atomic mass is 10.0. The molecule has 0 atom stereocenters. The van der Waals surface area contributed by atoms with Crippen molar-refractivity contribution >= 4 is 23.1 Å². The van der Waals surface area contributed by atoms with Crippen LogP contribution in [0.2, 0.25) is 0 Å². The molecule has 2 aromatic heterocycles. The van der Waals surface area contributed by atoms with Gasteiger partial charge in [-0.05, 0) is 53.9 Å². The van der Waals surface area contributed by atoms with Crippen molar-refractivity contribution < 1.29 is 9.59 Å². The fourth-order valence-corrected chi connectivity index (χ4v) is 4.07. The Balaban J connectivity index is 1.38. The summed E-state index contributed by atoms with van der Waals surface area (Å²) in [5, 5.41) is 5.41. The summed E-state index contributed by atoms with van der Waals surface area (Å²) in [4.78, 5) is 22.3. The van der Waals surface area contributed by atoms with Gasteiger partial charge in [0.25, 0.3) is 5.91 Å². The summed E-state index contributed by atoms with van der Waals surface area (Å²) in [6.45, 7) is 2.65. The van der Waals surface area contributed by atoms with E-state index in [-0.39, 0.29) is 5.69 Å². The molecular formula is C27H22N4O2. The second kappa shape index (κ2) is 8.24. The first-order valence-corrected chi connectivity index (χ1v) is 10.6. The van der Waals surface area contributed by atoms with Gasteiger partial charge in [0.15, 0.2) is 5.69 Å². The first kappa shape index (κ1) is 20.5. The van der Waals surface area contributed by atoms with E-state index in [9.17, 15) is 9.59 Å². The number of aldehydes is 1. The molecule has 5 rings (SSSR count). The molecule has 33 heavy (non-hydrogen) atoms. The average Bonchev–Trinajstić information content (AvgIpc) is 3.43. The van der Waals surface area contributed by atoms with E-state index in [2.05, 4.69) is 58.3 Å². The maximum atomic E-state index is 11.4. The minimum absolute atomic E-state index is 0.258. The minimum Gasteiger partial charge on any atom is -0.364 e. The molecule has 0 unspecified atom stereocenters. The number of hydrogen-bond acceptors (Lipinski definition) is 3. The van der Waals surface area contributed by atoms with E-state index < -0.39 is 5.91 Å². The number of rotatable bonds is 6. The van der Waals surface area contributed by atoms with Crippen LogP contribution in [0.3, 0.4) is 0 Å². The Labute approximate surface area is 190 Å². The van der Waals surface area contributed by atoms with Crippen LogP contribution < -0.4 is 5.73 Å². The predicted octanol–water partition coefficient (Wildman–Crippen LogP) is 4.76. The van der Waals surface area contributed by atoms with Gasteiger partial charge < -0.3 is 10.3 Å². The number of amides is 1. The first-order valence-electron chi connectivity index (χ1n) is 10.6. The van der Waals surface area contributed by atoms with Crippen LogP contribution in [-0.4, -0.2) is 26.5 Å². The molecule has 0 aliphatic heterocycles. The van der Waals surface area contributed by atoms with E-state index >= 15 is 0 Å². The third-order valence-electron chi connectivity index (χ3n) is 5.83. The Morgan fingerprint density at radius 3 is 2.27 bits per heavy atom. The zero-order valence-corrected chi connectivity index (χ0v) is 18.1. The molecule has 1 amide bonds. The van der Waals surface area contributed by atoms with Crippen molar-refractivity contribution in [3.05, 3.63) is 108 Å². The van der Waals surface area contributed by atoms with Crippen LogP contribution in [0.15, 0.2) is 85.1 Å². The molecule has 2 N–H and O–H groups in total. The number of hydrogen-bond donors (Lipinski definition) is 1. The van der Waals surface area contributed by atoms with Gasteiger partial charge in [0, 0.05) is 34.9 Å². The van der Waals surface area contributed by atoms with E-state index in [4.69, 9.17) is 5.73 Å². The number of benzene rings is 3. The number of nitrogens with two attached hydrogens (primary N) is 1. The summed E-state index contributed by atoms with van der Waals surface area (Å²) in [5.74, 6) is -0.534. The van der Waals surface area contributed by atoms with Crippen LogP contribution in [0.1, 0.15) is 32.1 Å². The maximum Gasteiger partial charge on any atom is 0.269 e. The third-order valence-corrected chi connectivity index (χ3v) is 5.83. The van der Waals surface area contributed by atoms with Crippen LogP contribution in [0.25, 0.3) is 27.7 Å². The highest BCUT2D eigenvalue weighted by molar-refractivity contribution is 5.91. The lowest BCUT2D eigenvalue weighted by Gasteiger charge is -2.09. The van der Waals surface area contributed by atoms with E-state index in [1.165, 1.54) is 5.56 Å². The van der Waals surface area contributed by atoms with Gasteiger partial charge in [-0.15, -0.1) is 0 Å². The van der Waals surface area contributed by atoms with Gasteiger partial charge in [-0.3, -0.25) is 9.59 Å². The highest BCUT2D eigenvalue weighted by Crippen LogP contribution is 2.24. The highest BCUT2D eigenvalue weighted by atomic mass is 16.1. The fraction of sp³-hybridized carbons (Fsp3) is 0.0741. The third kappa shape index (κ3) is 3.94. The van der Waals surface area contributed by atoms with Gasteiger partial charge in [0.05, 0.1) is 5.69 Å². The van der Waals surface area contributed by atoms with Gasteiger partial charge >= 0.3 is 0 Å². The number of nitrogens with zero attached hydrogens (tertiary/aromatic N) is 3. The summed E-state index contributed by atoms with van der Waals surface area (Å²) < 4.78 is 3.94. The second-order valence-electron chi connectivity index (χ2n) is 8.07. The van der Waals surface area contributed by atoms with Gasteiger partial charge in [-0.25, -0.2) is 4.68 Å². The van der Waals surface area contributed by atoms with E-state index in [1.54, 1.807) is 10.7 Å². The molecule has 162 valence electrons. The van der Waals surface area contributed by atoms with Crippen molar-refractivity contribution in [3.63, 3.8) is 0 Å². The van der Waals surface area contributed by atoms with E-state index in [0.717, 1.165) is 46.2 Å². The summed E-state index contributed by atoms with van der Waals surface area (Å²) >= 11 is 0. The smallest absolute Gasteiger partial charge is 0.269 e. The molecule has 0 saturated carbocycles. The van der Waals surface area contributed by atoms with Gasteiger partial charge in [-0.1, -0.05) is 48.5 Å². The monoisotopic (exact) mass is 434 g/mol. The van der Waals surface area contributed by atoms with Crippen LogP contribution in [-0.2, 0) is 6.54 Å². The van der Waals surface area contributed by atoms with Crippen LogP contribution in [0.5, 0.6) is 0 Å². The van der Waals surface area contributed by atoms with Crippen LogP contribution in [0.4, 0.5) is 0 Å². The second-order valence-corrected chi connectivity index (χ2v) is 8.07. The van der Waals surface area contributed by atoms with Gasteiger partial charge in [0.2, 0.25) is 0 Å². The lowest BCUT2D eigenvalue weighted by molar-refractivity contribution is 0.0994. The molecule has 0 aliphatic rings. The lowest BCUT2D eigenvalue weighted by Crippen LogP contribution is -2.12. The Morgan fingerprint density at radius 2 is 1.64 bits per heavy atom. The minimum atomic E-state index is -0.534. The number of primary amides is 1. The molecule has 2 heterocycles. The molecular weight excluding hydrogens is 412 g/mol. The van der Waals surface area contributed by atoms with Crippen molar-refractivity contribution in [2.75, 3.05) is 0 Å². The molecule has 0 saturated heterocycles. The van der Waals surface area contributed by atoms with Crippen LogP contribution in [0, 0.1) is 6.92 Å². The predicted molar refractivity (Wildman–Crippen MR) is 129 cm³/mol. The summed E-state index contributed by atoms with van der Waals surface area (Å²) in [7, 11) is 0. The zero-order chi connectivity index (χ0) is 22.9. The fourth-order valence-electron chi connectivity index (χ4n) is 4.07. The summed E-state index contributed by atoms with van der Waals surface area (Å²) in [6.07, 6.45) is 2.93. The normalized spacial score (nSPS) is 11.1. The SMILES string of the molecule is Cc1cc(C(N)=O)nn1-c1ccc2c(ccn2Cc2ccc(-c3ccc(C=O)cc3)cc2)c1. The topological polar surface area (TPSA) is 82.9 Å². The number of aromatic nitrogens is 3. The largest absolute Gasteiger partial charge is 0.364 e. The average molecular weight is 434 g/mol. The Bertz CT molecular complexity index is 1480. The van der Waals surface area contributed by atoms with Crippen molar-refractivity contribution in [2.45, 2.75) is 13.5 Å². The quantitative estimate of drug-likeness (QED) is 0.391. The number of carbonyl (C=O) groups is 2. The molecule has 0 spiro atoms. The molecule has 6 nitrogen and oxygen atoms in total. The molecule has 0 aliphatic carbocycles. The van der Waals surface area contributed by atoms with Crippen molar-refractivity contribution in [1.29, 1.82) is 0 Å². The number of aryl methyl sites for hydroxylation is 1. The van der Waals surface area contributed by atoms with Crippen molar-refractivity contribution in [3.8, 4) is 16.8 Å². The Hall–Kier alpha value is -4.45. The standard InChI is InChI=1S/C27H22N4O2/c1-18-14-25(27(28)33)29-31(18)24-10-11-26-23(15-24)12-13-30(26)16-19-2-6-21(7-3-19)22-8-4-20(17-32)5-9-22/h2-15,17H,16H2,1H3,(H2,28,33). The zero-order valence-electron chi connectivity index (χ0n) is 18.1. The first-order chi connectivity index (χ1) is 16.0. The molecule has 3 aromatic carbocycles. The van der Waals surface area contributed by atoms with E-state index in [0.29, 0.717) is 5.56 Å². The Morgan fingerprint density at radius 1 is 0.939 bits per heavy atom. The van der Waals surface area contributed by atoms with Gasteiger partial charge in [-0.2, -0.15) is 5.10 Å². The number of carbonyl (C=O) groups excluding carboxylic acids is 2. The molecule has 0 bridgehead atoms. The molecule has 0 radical (unpaired) electrons. The van der Waals surface area contributed by atoms with Crippen LogP contribution >= 0.6 is 0 Å². The highest BCUT2D eigenvalue weighted by Gasteiger charge is 2.11. The number of fused-ring (bicyclic) bond motifs is 1. The van der Waals surface area contributed by atoms with E-state index in [1.807, 2.05) is 37.3 Å². The maximum absolute atomic E-state index is 11.4. The van der Waals surface area contributed by atoms with Crippen molar-refractivity contribution in [1.82, 2.24) is 14.3 Å². The molecule has 6 heteroatoms. The van der Waals surface area contributed by atoms with Gasteiger partial charge in [0.1, 0.15) is 6.29 Å². The summed E-state index contributed by atoms with van der Waals surface area (Å²) in [6, 6.07) is 25.9. The van der Waals surface area contributed by atoms with Crippen molar-refractivity contribution in [2.24, 2.45) is 5.73 Å². The molecule has 0 fully saturated rings. The Kier molecular flexibility index (Phi) is 5.11. The molecule has 5 aromatic rings.